The zero-order valence-corrected chi connectivity index (χ0v) is 37.0. The molecule has 21 heteroatoms. The Labute approximate surface area is 361 Å². The van der Waals surface area contributed by atoms with Crippen LogP contribution in [0.1, 0.15) is 71.0 Å². The normalized spacial score (nSPS) is 18.2. The number of amides is 2. The van der Waals surface area contributed by atoms with Crippen molar-refractivity contribution in [1.29, 1.82) is 0 Å². The third-order valence-corrected chi connectivity index (χ3v) is 13.2. The van der Waals surface area contributed by atoms with Crippen LogP contribution in [0, 0.1) is 0 Å². The number of nitrogens with one attached hydrogen (secondary N) is 1. The summed E-state index contributed by atoms with van der Waals surface area (Å²) in [6, 6.07) is 12.3. The van der Waals surface area contributed by atoms with E-state index >= 15 is 0 Å². The number of aliphatic imine (C=N–C) groups is 1. The Hall–Kier alpha value is -5.39. The van der Waals surface area contributed by atoms with Crippen molar-refractivity contribution in [3.05, 3.63) is 131 Å². The fourth-order valence-corrected chi connectivity index (χ4v) is 8.91. The van der Waals surface area contributed by atoms with Crippen LogP contribution in [0.25, 0.3) is 0 Å². The first-order chi connectivity index (χ1) is 28.9. The molecule has 1 aromatic heterocycles. The van der Waals surface area contributed by atoms with E-state index in [-0.39, 0.29) is 36.4 Å². The molecule has 3 heterocycles. The lowest BCUT2D eigenvalue weighted by Gasteiger charge is -2.31. The smallest absolute Gasteiger partial charge is 0.327 e. The SMILES string of the molecule is CON(C)C(=O)c1cc2c([n+](CCCS(=O)(=O)O)c1)N=C(/C=C/C=C/C=C/C=C1/N(CCCS(=O)(=O)O)c3ccc(S(=O)(=O)O)cc3C1(C)c1ccc(C(=O)NN)cc1)C2(C)C. The summed E-state index contributed by atoms with van der Waals surface area (Å²) in [5.41, 5.74) is 4.41. The van der Waals surface area contributed by atoms with Crippen molar-refractivity contribution in [3.63, 3.8) is 0 Å². The number of hydrogen-bond donors (Lipinski definition) is 5. The molecule has 0 spiro atoms. The number of hydrogen-bond acceptors (Lipinski definition) is 12. The molecular formula is C41H49N6O12S3+. The molecule has 1 unspecified atom stereocenters. The van der Waals surface area contributed by atoms with Gasteiger partial charge in [-0.1, -0.05) is 42.5 Å². The maximum atomic E-state index is 13.1. The fourth-order valence-electron chi connectivity index (χ4n) is 7.41. The van der Waals surface area contributed by atoms with Crippen LogP contribution in [0.15, 0.2) is 113 Å². The topological polar surface area (TPSA) is 267 Å². The highest BCUT2D eigenvalue weighted by molar-refractivity contribution is 7.86. The molecule has 0 bridgehead atoms. The second-order valence-corrected chi connectivity index (χ2v) is 19.8. The molecule has 0 radical (unpaired) electrons. The first kappa shape index (κ1) is 47.7. The molecule has 3 aromatic rings. The third kappa shape index (κ3) is 10.6. The Morgan fingerprint density at radius 2 is 1.50 bits per heavy atom. The zero-order chi connectivity index (χ0) is 45.8. The standard InChI is InChI=1S/C41H48N6O12S3/c1-40(2)33-25-29(39(49)45(4)59-5)27-46(21-11-23-60(50,51)52)37(33)43-35(40)13-9-7-6-8-10-14-36-41(3,30-17-15-28(16-18-30)38(48)44-42)32-26-31(62(56,57)58)19-20-34(32)47(36)22-12-24-61(53,54)55/h6-10,13-20,25-27H,11-12,21-24,42H2,1-5H3,(H3-,44,48,50,51,52,53,54,55,56,57,58)/p+1. The Balaban J connectivity index is 1.49. The largest absolute Gasteiger partial charge is 0.344 e. The highest BCUT2D eigenvalue weighted by Crippen LogP contribution is 2.52. The molecule has 0 saturated heterocycles. The second-order valence-electron chi connectivity index (χ2n) is 15.2. The molecule has 5 rings (SSSR count). The van der Waals surface area contributed by atoms with Gasteiger partial charge in [0.15, 0.2) is 5.71 Å². The summed E-state index contributed by atoms with van der Waals surface area (Å²) >= 11 is 0. The van der Waals surface area contributed by atoms with Gasteiger partial charge in [0.05, 0.1) is 52.0 Å². The van der Waals surface area contributed by atoms with Gasteiger partial charge in [-0.3, -0.25) is 33.5 Å². The molecule has 62 heavy (non-hydrogen) atoms. The minimum Gasteiger partial charge on any atom is -0.344 e. The number of hydrazine groups is 1. The van der Waals surface area contributed by atoms with Gasteiger partial charge in [0.1, 0.15) is 6.20 Å². The van der Waals surface area contributed by atoms with Crippen molar-refractivity contribution in [2.45, 2.75) is 55.9 Å². The molecule has 2 aliphatic heterocycles. The average Bonchev–Trinajstić information content (AvgIpc) is 3.60. The first-order valence-corrected chi connectivity index (χ1v) is 23.7. The van der Waals surface area contributed by atoms with Crippen molar-refractivity contribution in [1.82, 2.24) is 10.5 Å². The van der Waals surface area contributed by atoms with Gasteiger partial charge in [0, 0.05) is 37.0 Å². The van der Waals surface area contributed by atoms with Crippen molar-refractivity contribution in [2.75, 3.05) is 37.1 Å². The number of hydroxylamine groups is 2. The van der Waals surface area contributed by atoms with E-state index in [0.717, 1.165) is 10.6 Å². The zero-order valence-electron chi connectivity index (χ0n) is 34.6. The fraction of sp³-hybridized carbons (Fsp3) is 0.317. The third-order valence-electron chi connectivity index (χ3n) is 10.7. The molecule has 0 saturated carbocycles. The highest BCUT2D eigenvalue weighted by atomic mass is 32.2. The summed E-state index contributed by atoms with van der Waals surface area (Å²) in [7, 11) is -10.3. The minimum atomic E-state index is -4.63. The summed E-state index contributed by atoms with van der Waals surface area (Å²) in [6.45, 7) is 5.95. The quantitative estimate of drug-likeness (QED) is 0.0323. The lowest BCUT2D eigenvalue weighted by molar-refractivity contribution is -0.684. The number of allylic oxidation sites excluding steroid dienone is 8. The van der Waals surface area contributed by atoms with Gasteiger partial charge in [-0.05, 0) is 91.9 Å². The van der Waals surface area contributed by atoms with Crippen LogP contribution >= 0.6 is 0 Å². The van der Waals surface area contributed by atoms with E-state index in [4.69, 9.17) is 15.7 Å². The number of rotatable bonds is 17. The molecular weight excluding hydrogens is 865 g/mol. The average molecular weight is 914 g/mol. The Kier molecular flexibility index (Phi) is 14.2. The van der Waals surface area contributed by atoms with Crippen LogP contribution < -0.4 is 20.7 Å². The van der Waals surface area contributed by atoms with E-state index in [2.05, 4.69) is 5.43 Å². The summed E-state index contributed by atoms with van der Waals surface area (Å²) in [5.74, 6) is 3.88. The van der Waals surface area contributed by atoms with Crippen molar-refractivity contribution >= 4 is 59.4 Å². The van der Waals surface area contributed by atoms with Crippen LogP contribution in [-0.4, -0.2) is 93.7 Å². The van der Waals surface area contributed by atoms with E-state index in [1.54, 1.807) is 83.6 Å². The van der Waals surface area contributed by atoms with Crippen LogP contribution in [0.2, 0.25) is 0 Å². The molecule has 18 nitrogen and oxygen atoms in total. The number of anilines is 1. The summed E-state index contributed by atoms with van der Waals surface area (Å²) in [6.07, 6.45) is 14.0. The number of pyridine rings is 1. The molecule has 2 aliphatic rings. The number of carbonyl (C=O) groups is 2. The maximum absolute atomic E-state index is 13.1. The Bertz CT molecular complexity index is 2750. The molecule has 6 N–H and O–H groups in total. The Morgan fingerprint density at radius 3 is 2.11 bits per heavy atom. The Morgan fingerprint density at radius 1 is 0.871 bits per heavy atom. The number of nitrogens with zero attached hydrogens (tertiary/aromatic N) is 4. The predicted molar refractivity (Wildman–Crippen MR) is 232 cm³/mol. The lowest BCUT2D eigenvalue weighted by atomic mass is 9.75. The van der Waals surface area contributed by atoms with Gasteiger partial charge in [0.25, 0.3) is 42.2 Å². The maximum Gasteiger partial charge on any atom is 0.327 e. The van der Waals surface area contributed by atoms with Crippen molar-refractivity contribution < 1.29 is 57.9 Å². The molecule has 1 atom stereocenters. The van der Waals surface area contributed by atoms with Gasteiger partial charge < -0.3 is 4.90 Å². The van der Waals surface area contributed by atoms with Crippen LogP contribution in [0.5, 0.6) is 0 Å². The van der Waals surface area contributed by atoms with Crippen molar-refractivity contribution in [3.8, 4) is 0 Å². The molecule has 0 aliphatic carbocycles. The number of benzene rings is 2. The second kappa shape index (κ2) is 18.5. The lowest BCUT2D eigenvalue weighted by Crippen LogP contribution is -2.38. The highest BCUT2D eigenvalue weighted by Gasteiger charge is 2.46. The van der Waals surface area contributed by atoms with Crippen LogP contribution in [0.4, 0.5) is 11.5 Å². The van der Waals surface area contributed by atoms with Crippen LogP contribution in [0.3, 0.4) is 0 Å². The molecule has 2 aromatic carbocycles. The van der Waals surface area contributed by atoms with Gasteiger partial charge in [-0.15, -0.1) is 0 Å². The van der Waals surface area contributed by atoms with Gasteiger partial charge >= 0.3 is 5.82 Å². The van der Waals surface area contributed by atoms with Crippen LogP contribution in [-0.2, 0) is 52.6 Å². The molecule has 332 valence electrons. The number of fused-ring (bicyclic) bond motifs is 2. The number of aromatic nitrogens is 1. The number of carbonyl (C=O) groups excluding carboxylic acids is 2. The van der Waals surface area contributed by atoms with E-state index < -0.39 is 64.5 Å². The van der Waals surface area contributed by atoms with Gasteiger partial charge in [0.2, 0.25) is 0 Å². The number of nitrogens with two attached hydrogens (primary N) is 1. The molecule has 2 amide bonds. The van der Waals surface area contributed by atoms with Crippen molar-refractivity contribution in [2.24, 2.45) is 10.8 Å². The van der Waals surface area contributed by atoms with E-state index in [1.165, 1.54) is 32.4 Å². The summed E-state index contributed by atoms with van der Waals surface area (Å²) in [5, 5.41) is 1.07. The summed E-state index contributed by atoms with van der Waals surface area (Å²) in [4.78, 5) is 36.7. The molecule has 0 fully saturated rings. The number of nitrogen functional groups attached to an aromatic ring is 1. The van der Waals surface area contributed by atoms with Gasteiger partial charge in [-0.2, -0.15) is 25.3 Å². The summed E-state index contributed by atoms with van der Waals surface area (Å²) < 4.78 is 101. The minimum absolute atomic E-state index is 0.00621. The number of aryl methyl sites for hydroxylation is 1. The monoisotopic (exact) mass is 913 g/mol. The van der Waals surface area contributed by atoms with E-state index in [1.807, 2.05) is 25.7 Å². The first-order valence-electron chi connectivity index (χ1n) is 19.0. The predicted octanol–water partition coefficient (Wildman–Crippen LogP) is 3.76. The van der Waals surface area contributed by atoms with E-state index in [0.29, 0.717) is 39.6 Å². The van der Waals surface area contributed by atoms with E-state index in [9.17, 15) is 48.5 Å². The van der Waals surface area contributed by atoms with Gasteiger partial charge in [-0.25, -0.2) is 15.5 Å².